The summed E-state index contributed by atoms with van der Waals surface area (Å²) in [7, 11) is 0. The number of anilines is 1. The molecule has 0 aliphatic carbocycles. The lowest BCUT2D eigenvalue weighted by Gasteiger charge is -2.42. The fourth-order valence-electron chi connectivity index (χ4n) is 4.09. The largest absolute Gasteiger partial charge is 0.369 e. The summed E-state index contributed by atoms with van der Waals surface area (Å²) in [6.45, 7) is 7.28. The molecular formula is C21H28F3N5O2. The molecular weight excluding hydrogens is 411 g/mol. The quantitative estimate of drug-likeness (QED) is 0.791. The average molecular weight is 439 g/mol. The average Bonchev–Trinajstić information content (AvgIpc) is 2.97. The van der Waals surface area contributed by atoms with Crippen LogP contribution in [0.4, 0.5) is 19.1 Å². The van der Waals surface area contributed by atoms with Gasteiger partial charge in [0.25, 0.3) is 0 Å². The fourth-order valence-corrected chi connectivity index (χ4v) is 4.09. The number of ether oxygens (including phenoxy) is 1. The Kier molecular flexibility index (Phi) is 5.63. The number of benzene rings is 1. The van der Waals surface area contributed by atoms with Crippen LogP contribution in [0.3, 0.4) is 0 Å². The standard InChI is InChI=1S/C21H28F3N5O2/c1-21(2,3)31-12-8-28(9-12)19(30)11-29-18-7-15(24)14(23)6-17(18)26-20(29)27-5-4-13(22)16(25)10-27/h6-7,12-13,16H,4-5,8-11,25H2,1-3H3/t13-,16-/m1/s1. The Morgan fingerprint density at radius 2 is 1.90 bits per heavy atom. The highest BCUT2D eigenvalue weighted by Crippen LogP contribution is 2.28. The third-order valence-corrected chi connectivity index (χ3v) is 5.64. The number of halogens is 3. The third-order valence-electron chi connectivity index (χ3n) is 5.64. The van der Waals surface area contributed by atoms with E-state index in [-0.39, 0.29) is 42.6 Å². The second-order valence-corrected chi connectivity index (χ2v) is 9.32. The SMILES string of the molecule is CC(C)(C)OC1CN(C(=O)Cn2c(N3CC[C@@H](F)[C@H](N)C3)nc3cc(F)c(F)cc32)C1. The molecule has 3 heterocycles. The third kappa shape index (κ3) is 4.50. The van der Waals surface area contributed by atoms with Gasteiger partial charge in [0, 0.05) is 38.3 Å². The number of amides is 1. The van der Waals surface area contributed by atoms with Gasteiger partial charge in [-0.25, -0.2) is 18.2 Å². The molecule has 1 aromatic carbocycles. The van der Waals surface area contributed by atoms with Gasteiger partial charge in [0.2, 0.25) is 11.9 Å². The van der Waals surface area contributed by atoms with Gasteiger partial charge in [-0.1, -0.05) is 0 Å². The summed E-state index contributed by atoms with van der Waals surface area (Å²) in [4.78, 5) is 20.8. The van der Waals surface area contributed by atoms with Gasteiger partial charge in [0.05, 0.1) is 28.8 Å². The van der Waals surface area contributed by atoms with Crippen LogP contribution < -0.4 is 10.6 Å². The number of likely N-dealkylation sites (tertiary alicyclic amines) is 1. The van der Waals surface area contributed by atoms with E-state index in [1.54, 1.807) is 14.4 Å². The number of nitrogens with two attached hydrogens (primary N) is 1. The number of aromatic nitrogens is 2. The van der Waals surface area contributed by atoms with Gasteiger partial charge >= 0.3 is 0 Å². The first-order valence-electron chi connectivity index (χ1n) is 10.5. The molecule has 2 fully saturated rings. The van der Waals surface area contributed by atoms with E-state index in [9.17, 15) is 18.0 Å². The number of nitrogens with zero attached hydrogens (tertiary/aromatic N) is 4. The first kappa shape index (κ1) is 21.9. The second kappa shape index (κ2) is 7.98. The normalized spacial score (nSPS) is 22.8. The van der Waals surface area contributed by atoms with Crippen LogP contribution in [0.1, 0.15) is 27.2 Å². The van der Waals surface area contributed by atoms with Crippen molar-refractivity contribution in [3.63, 3.8) is 0 Å². The number of imidazole rings is 1. The lowest BCUT2D eigenvalue weighted by molar-refractivity contribution is -0.157. The van der Waals surface area contributed by atoms with Gasteiger partial charge in [0.1, 0.15) is 12.7 Å². The summed E-state index contributed by atoms with van der Waals surface area (Å²) < 4.78 is 49.0. The zero-order chi connectivity index (χ0) is 22.5. The highest BCUT2D eigenvalue weighted by molar-refractivity contribution is 5.84. The molecule has 0 bridgehead atoms. The van der Waals surface area contributed by atoms with E-state index in [1.165, 1.54) is 0 Å². The Bertz CT molecular complexity index is 984. The van der Waals surface area contributed by atoms with Crippen LogP contribution in [0.15, 0.2) is 12.1 Å². The molecule has 170 valence electrons. The van der Waals surface area contributed by atoms with Crippen molar-refractivity contribution in [2.75, 3.05) is 31.1 Å². The Morgan fingerprint density at radius 3 is 2.55 bits per heavy atom. The van der Waals surface area contributed by atoms with Crippen LogP contribution in [-0.4, -0.2) is 70.5 Å². The number of carbonyl (C=O) groups excluding carboxylic acids is 1. The van der Waals surface area contributed by atoms with Crippen molar-refractivity contribution in [1.29, 1.82) is 0 Å². The molecule has 4 rings (SSSR count). The highest BCUT2D eigenvalue weighted by Gasteiger charge is 2.35. The van der Waals surface area contributed by atoms with Gasteiger partial charge < -0.3 is 24.8 Å². The summed E-state index contributed by atoms with van der Waals surface area (Å²) in [5, 5.41) is 0. The predicted molar refractivity (Wildman–Crippen MR) is 111 cm³/mol. The maximum absolute atomic E-state index is 14.0. The molecule has 2 saturated heterocycles. The first-order chi connectivity index (χ1) is 14.5. The lowest BCUT2D eigenvalue weighted by atomic mass is 10.1. The van der Waals surface area contributed by atoms with Gasteiger partial charge in [-0.05, 0) is 27.2 Å². The molecule has 2 N–H and O–H groups in total. The van der Waals surface area contributed by atoms with Crippen LogP contribution in [0, 0.1) is 11.6 Å². The van der Waals surface area contributed by atoms with E-state index in [4.69, 9.17) is 10.5 Å². The number of alkyl halides is 1. The van der Waals surface area contributed by atoms with Gasteiger partial charge in [-0.2, -0.15) is 0 Å². The molecule has 2 atom stereocenters. The zero-order valence-electron chi connectivity index (χ0n) is 17.9. The summed E-state index contributed by atoms with van der Waals surface area (Å²) in [6.07, 6.45) is -0.929. The lowest BCUT2D eigenvalue weighted by Crippen LogP contribution is -2.57. The van der Waals surface area contributed by atoms with Crippen LogP contribution in [0.25, 0.3) is 11.0 Å². The van der Waals surface area contributed by atoms with Crippen LogP contribution in [0.2, 0.25) is 0 Å². The number of hydrogen-bond acceptors (Lipinski definition) is 5. The Hall–Kier alpha value is -2.33. The molecule has 7 nitrogen and oxygen atoms in total. The molecule has 10 heteroatoms. The summed E-state index contributed by atoms with van der Waals surface area (Å²) in [6, 6.07) is 1.35. The Balaban J connectivity index is 1.58. The topological polar surface area (TPSA) is 76.6 Å². The molecule has 2 aromatic rings. The minimum absolute atomic E-state index is 0.0314. The molecule has 2 aliphatic heterocycles. The van der Waals surface area contributed by atoms with Crippen molar-refractivity contribution in [3.05, 3.63) is 23.8 Å². The van der Waals surface area contributed by atoms with Crippen molar-refractivity contribution in [1.82, 2.24) is 14.5 Å². The zero-order valence-corrected chi connectivity index (χ0v) is 17.9. The summed E-state index contributed by atoms with van der Waals surface area (Å²) in [5.41, 5.74) is 6.12. The molecule has 2 aliphatic rings. The predicted octanol–water partition coefficient (Wildman–Crippen LogP) is 2.22. The molecule has 0 spiro atoms. The molecule has 1 amide bonds. The van der Waals surface area contributed by atoms with Crippen molar-refractivity contribution in [2.24, 2.45) is 5.73 Å². The molecule has 0 unspecified atom stereocenters. The fraction of sp³-hybridized carbons (Fsp3) is 0.619. The van der Waals surface area contributed by atoms with Gasteiger partial charge in [0.15, 0.2) is 11.6 Å². The highest BCUT2D eigenvalue weighted by atomic mass is 19.2. The van der Waals surface area contributed by atoms with E-state index in [1.807, 2.05) is 20.8 Å². The molecule has 1 aromatic heterocycles. The van der Waals surface area contributed by atoms with Crippen LogP contribution in [0.5, 0.6) is 0 Å². The maximum Gasteiger partial charge on any atom is 0.242 e. The van der Waals surface area contributed by atoms with Crippen molar-refractivity contribution in [2.45, 2.75) is 57.7 Å². The summed E-state index contributed by atoms with van der Waals surface area (Å²) >= 11 is 0. The van der Waals surface area contributed by atoms with Gasteiger partial charge in [-0.15, -0.1) is 0 Å². The number of piperidine rings is 1. The number of hydrogen-bond donors (Lipinski definition) is 1. The second-order valence-electron chi connectivity index (χ2n) is 9.32. The Morgan fingerprint density at radius 1 is 1.23 bits per heavy atom. The van der Waals surface area contributed by atoms with Gasteiger partial charge in [-0.3, -0.25) is 4.79 Å². The van der Waals surface area contributed by atoms with Crippen molar-refractivity contribution < 1.29 is 22.7 Å². The molecule has 0 saturated carbocycles. The smallest absolute Gasteiger partial charge is 0.242 e. The van der Waals surface area contributed by atoms with Crippen LogP contribution in [-0.2, 0) is 16.1 Å². The first-order valence-corrected chi connectivity index (χ1v) is 10.5. The Labute approximate surface area is 178 Å². The molecule has 0 radical (unpaired) electrons. The van der Waals surface area contributed by atoms with E-state index < -0.39 is 23.8 Å². The minimum Gasteiger partial charge on any atom is -0.369 e. The maximum atomic E-state index is 14.0. The van der Waals surface area contributed by atoms with E-state index in [0.29, 0.717) is 31.1 Å². The van der Waals surface area contributed by atoms with E-state index >= 15 is 0 Å². The number of fused-ring (bicyclic) bond motifs is 1. The number of carbonyl (C=O) groups is 1. The molecule has 31 heavy (non-hydrogen) atoms. The monoisotopic (exact) mass is 439 g/mol. The number of rotatable bonds is 4. The van der Waals surface area contributed by atoms with E-state index in [2.05, 4.69) is 4.98 Å². The summed E-state index contributed by atoms with van der Waals surface area (Å²) in [5.74, 6) is -1.85. The van der Waals surface area contributed by atoms with Crippen molar-refractivity contribution >= 4 is 22.9 Å². The van der Waals surface area contributed by atoms with Crippen molar-refractivity contribution in [3.8, 4) is 0 Å². The van der Waals surface area contributed by atoms with Crippen LogP contribution >= 0.6 is 0 Å². The van der Waals surface area contributed by atoms with E-state index in [0.717, 1.165) is 12.1 Å². The minimum atomic E-state index is -1.12.